The highest BCUT2D eigenvalue weighted by atomic mass is 16.5. The van der Waals surface area contributed by atoms with Crippen LogP contribution in [-0.2, 0) is 18.6 Å². The van der Waals surface area contributed by atoms with Crippen LogP contribution in [0.15, 0.2) is 0 Å². The van der Waals surface area contributed by atoms with Gasteiger partial charge in [-0.05, 0) is 220 Å². The average Bonchev–Trinajstić information content (AvgIpc) is 0.777. The molecule has 618 valence electrons. The predicted molar refractivity (Wildman–Crippen MR) is 499 cm³/mol. The molecule has 7 rings (SSSR count). The largest absolute Gasteiger partial charge is 0.459 e. The minimum atomic E-state index is -0.0738. The van der Waals surface area contributed by atoms with Gasteiger partial charge in [0.25, 0.3) is 48.9 Å². The van der Waals surface area contributed by atoms with Crippen LogP contribution < -0.4 is 56.7 Å². The van der Waals surface area contributed by atoms with Crippen molar-refractivity contribution in [1.29, 1.82) is 0 Å². The first-order valence-corrected chi connectivity index (χ1v) is 41.7. The van der Waals surface area contributed by atoms with Crippen molar-refractivity contribution in [2.45, 2.75) is 138 Å². The Kier molecular flexibility index (Phi) is 54.7. The quantitative estimate of drug-likeness (QED) is 0.0345. The van der Waals surface area contributed by atoms with Crippen LogP contribution in [0.4, 0.5) is 0 Å². The molecule has 0 unspecified atom stereocenters. The van der Waals surface area contributed by atoms with Gasteiger partial charge in [0.1, 0.15) is 0 Å². The van der Waals surface area contributed by atoms with Gasteiger partial charge < -0.3 is 170 Å². The number of hydrogen-bond donors (Lipinski definition) is 11. The molecule has 0 amide bonds. The van der Waals surface area contributed by atoms with Gasteiger partial charge in [0.15, 0.2) is 0 Å². The van der Waals surface area contributed by atoms with E-state index in [2.05, 4.69) is 403 Å². The fourth-order valence-electron chi connectivity index (χ4n) is 16.0. The van der Waals surface area contributed by atoms with Crippen molar-refractivity contribution in [3.05, 3.63) is 0 Å². The van der Waals surface area contributed by atoms with Crippen molar-refractivity contribution in [2.75, 3.05) is 233 Å². The summed E-state index contributed by atoms with van der Waals surface area (Å²) in [5.74, 6) is 0. The predicted octanol–water partition coefficient (Wildman–Crippen LogP) is -5.31. The van der Waals surface area contributed by atoms with Gasteiger partial charge in [0.2, 0.25) is 0 Å². The van der Waals surface area contributed by atoms with Crippen molar-refractivity contribution < 1.29 is 18.6 Å². The summed E-state index contributed by atoms with van der Waals surface area (Å²) in [6, 6.07) is 0. The molecule has 56 heteroatoms. The van der Waals surface area contributed by atoms with E-state index >= 15 is 0 Å². The second-order valence-corrected chi connectivity index (χ2v) is 30.5. The van der Waals surface area contributed by atoms with E-state index < -0.39 is 0 Å². The first-order chi connectivity index (χ1) is 51.8. The SMILES string of the molecule is CB1N(C)B(N(C)C)N(C)B(N(C)C)N1C.CCN(C)B1N(CC)B(C)N(CC)B(N(C)CC)N1CC.CCN(C)B1NB(C)NB(OC)N1.CCOB1N(CC)B(C)N(CC)B(N(C)CC)N1CC.CCOB1NB(C)NB(N(C)CC)N1.CNB1NB(C)NB(NC)N1.COB1N(C)B(C)N(C)B(N(C)C)N1C. The average molecular weight is 1540 g/mol. The van der Waals surface area contributed by atoms with Gasteiger partial charge in [0.05, 0.1) is 0 Å². The number of hydrogen-bond acceptors (Lipinski definition) is 35. The summed E-state index contributed by atoms with van der Waals surface area (Å²) in [6.45, 7) is 59.2. The second kappa shape index (κ2) is 55.7. The molecule has 0 saturated carbocycles. The maximum Gasteiger partial charge on any atom is 0.459 e. The molecule has 7 aliphatic heterocycles. The van der Waals surface area contributed by atoms with Crippen molar-refractivity contribution in [2.24, 2.45) is 0 Å². The lowest BCUT2D eigenvalue weighted by molar-refractivity contribution is 0.247. The lowest BCUT2D eigenvalue weighted by atomic mass is 9.50. The van der Waals surface area contributed by atoms with Gasteiger partial charge in [-0.15, -0.1) is 0 Å². The van der Waals surface area contributed by atoms with Crippen molar-refractivity contribution in [1.82, 2.24) is 152 Å². The zero-order valence-electron chi connectivity index (χ0n) is 78.4. The molecule has 110 heavy (non-hydrogen) atoms. The van der Waals surface area contributed by atoms with Crippen LogP contribution in [0.5, 0.6) is 0 Å². The van der Waals surface area contributed by atoms with Crippen LogP contribution in [-0.4, -0.2) is 477 Å². The summed E-state index contributed by atoms with van der Waals surface area (Å²) in [4.78, 5) is 18.4. The molecule has 7 aliphatic rings. The van der Waals surface area contributed by atoms with Gasteiger partial charge >= 0.3 is 99.9 Å². The third kappa shape index (κ3) is 30.9. The number of nitrogens with zero attached hydrogens (tertiary/aromatic N) is 20. The third-order valence-electron chi connectivity index (χ3n) is 22.7. The molecule has 35 nitrogen and oxygen atoms in total. The summed E-state index contributed by atoms with van der Waals surface area (Å²) in [7, 11) is 46.2. The number of nitrogens with one attached hydrogen (secondary N) is 11. The topological polar surface area (TPSA) is 234 Å². The molecule has 11 N–H and O–H groups in total. The lowest BCUT2D eigenvalue weighted by Gasteiger charge is -2.56. The van der Waals surface area contributed by atoms with Gasteiger partial charge in [-0.2, -0.15) is 0 Å². The van der Waals surface area contributed by atoms with E-state index in [0.29, 0.717) is 77.1 Å². The Morgan fingerprint density at radius 1 is 0.291 bits per heavy atom. The molecule has 7 heterocycles. The Balaban J connectivity index is 0.000000647. The highest BCUT2D eigenvalue weighted by molar-refractivity contribution is 6.88. The van der Waals surface area contributed by atoms with Crippen LogP contribution in [0.2, 0.25) is 47.8 Å². The molecular weight excluding hydrogens is 1370 g/mol. The van der Waals surface area contributed by atoms with E-state index in [0.717, 1.165) is 78.6 Å². The summed E-state index contributed by atoms with van der Waals surface area (Å²) >= 11 is 0. The summed E-state index contributed by atoms with van der Waals surface area (Å²) in [5.41, 5.74) is 0. The van der Waals surface area contributed by atoms with Crippen LogP contribution in [0.1, 0.15) is 90.0 Å². The van der Waals surface area contributed by atoms with Gasteiger partial charge in [-0.3, -0.25) is 0 Å². The maximum absolute atomic E-state index is 6.08. The Morgan fingerprint density at radius 2 is 0.609 bits per heavy atom. The minimum absolute atomic E-state index is 0.0311. The van der Waals surface area contributed by atoms with E-state index in [1.807, 2.05) is 21.0 Å². The standard InChI is InChI=1S/C13H34B3N5.C12H31B3N4O.C8H24B3N5.C7H21B3N4O.C6H19B3N4O.C5H17B3N4O.C3H14B3N5/c1-9-17(7)15-19(11-3)14(6)20(12-4)16(18(8)10-2)21(15)13-5;1-8-16(7)14-17(9-2)13(6)18(10-3)15(20-12-5)19(14)11-4;1-9-14(6)10(12(2)3)16(8)11(13(4)5)15(9)7;1-8-12(4)9(11(2)3)14(6)10(15-7)13(8)5;1-5-13(4)8-10-7(3)11-9(12-8)14-6-2;1-5-12(3)7-9-6(2)10-8(11-7)13-4;1-4-9-5(7-2)11-6(8-3)10-4/h9-13H2,1-8H3;8-12H2,1-7H3;1-8H3;1-7H3;10-12H,5-6H2,1-4H3;9-11H,5H2,1-4H3;7-11H,1-3H3. The first kappa shape index (κ1) is 108. The third-order valence-corrected chi connectivity index (χ3v) is 22.7. The fraction of sp³-hybridized carbons (Fsp3) is 1.00. The number of rotatable bonds is 27. The molecule has 7 fully saturated rings. The first-order valence-electron chi connectivity index (χ1n) is 41.7. The normalized spacial score (nSPS) is 19.9. The smallest absolute Gasteiger partial charge is 0.412 e. The molecular formula is C54H160B21N31O4. The zero-order valence-corrected chi connectivity index (χ0v) is 78.4. The molecule has 7 saturated heterocycles. The van der Waals surface area contributed by atoms with Crippen molar-refractivity contribution >= 4 is 149 Å². The van der Waals surface area contributed by atoms with Crippen LogP contribution in [0, 0.1) is 0 Å². The molecule has 0 bridgehead atoms. The van der Waals surface area contributed by atoms with E-state index in [1.165, 1.54) is 0 Å². The molecule has 0 atom stereocenters. The van der Waals surface area contributed by atoms with Crippen LogP contribution >= 0.6 is 0 Å². The van der Waals surface area contributed by atoms with E-state index in [9.17, 15) is 0 Å². The minimum Gasteiger partial charge on any atom is -0.412 e. The Labute approximate surface area is 686 Å². The lowest BCUT2D eigenvalue weighted by Crippen LogP contribution is -2.83. The molecule has 0 aromatic rings. The molecule has 0 radical (unpaired) electrons. The Bertz CT molecular complexity index is 2300. The summed E-state index contributed by atoms with van der Waals surface area (Å²) < 4.78 is 51.4. The van der Waals surface area contributed by atoms with Gasteiger partial charge in [-0.1, -0.05) is 124 Å². The fourth-order valence-corrected chi connectivity index (χ4v) is 16.0. The van der Waals surface area contributed by atoms with Crippen LogP contribution in [0.25, 0.3) is 0 Å². The van der Waals surface area contributed by atoms with Gasteiger partial charge in [0, 0.05) is 27.4 Å². The van der Waals surface area contributed by atoms with Crippen molar-refractivity contribution in [3.8, 4) is 0 Å². The molecule has 0 aromatic heterocycles. The van der Waals surface area contributed by atoms with Crippen LogP contribution in [0.3, 0.4) is 0 Å². The monoisotopic (exact) mass is 1540 g/mol. The molecule has 0 spiro atoms. The van der Waals surface area contributed by atoms with E-state index in [-0.39, 0.29) is 78.3 Å². The highest BCUT2D eigenvalue weighted by Crippen LogP contribution is 2.25. The highest BCUT2D eigenvalue weighted by Gasteiger charge is 2.56. The maximum atomic E-state index is 6.08. The van der Waals surface area contributed by atoms with Gasteiger partial charge in [-0.25, -0.2) is 0 Å². The zero-order chi connectivity index (χ0) is 84.5. The second-order valence-electron chi connectivity index (χ2n) is 30.5. The Hall–Kier alpha value is -0.0364. The molecule has 0 aliphatic carbocycles. The van der Waals surface area contributed by atoms with Crippen molar-refractivity contribution in [3.63, 3.8) is 0 Å². The van der Waals surface area contributed by atoms with E-state index in [1.54, 1.807) is 14.2 Å². The summed E-state index contributed by atoms with van der Waals surface area (Å²) in [6.07, 6.45) is 0. The van der Waals surface area contributed by atoms with E-state index in [4.69, 9.17) is 18.6 Å². The Morgan fingerprint density at radius 3 is 0.927 bits per heavy atom. The molecule has 0 aromatic carbocycles. The summed E-state index contributed by atoms with van der Waals surface area (Å²) in [5, 5.41) is 35.7.